The number of nitrogens with one attached hydrogen (secondary N) is 1. The van der Waals surface area contributed by atoms with E-state index in [0.29, 0.717) is 16.6 Å². The van der Waals surface area contributed by atoms with Crippen molar-refractivity contribution >= 4 is 28.7 Å². The van der Waals surface area contributed by atoms with Gasteiger partial charge in [-0.25, -0.2) is 19.4 Å². The molecule has 0 bridgehead atoms. The number of carbonyl (C=O) groups is 2. The van der Waals surface area contributed by atoms with E-state index < -0.39 is 30.5 Å². The zero-order chi connectivity index (χ0) is 24.0. The summed E-state index contributed by atoms with van der Waals surface area (Å²) in [6, 6.07) is 7.99. The molecule has 0 saturated heterocycles. The molecule has 33 heavy (non-hydrogen) atoms. The predicted octanol–water partition coefficient (Wildman–Crippen LogP) is 4.05. The van der Waals surface area contributed by atoms with Gasteiger partial charge < -0.3 is 18.6 Å². The molecule has 0 spiro atoms. The van der Waals surface area contributed by atoms with Gasteiger partial charge in [0.1, 0.15) is 12.2 Å². The first-order valence-electron chi connectivity index (χ1n) is 9.48. The number of rotatable bonds is 7. The average molecular weight is 466 g/mol. The SMILES string of the molecule is CCOC(=O)Nc1ccc2c(COC(=O)c3ccc(OCC(F)(F)F)nc3)cc(=O)oc2c1. The monoisotopic (exact) mass is 466 g/mol. The van der Waals surface area contributed by atoms with Gasteiger partial charge in [-0.2, -0.15) is 13.2 Å². The van der Waals surface area contributed by atoms with Crippen LogP contribution in [0.4, 0.5) is 23.7 Å². The van der Waals surface area contributed by atoms with Crippen molar-refractivity contribution in [3.63, 3.8) is 0 Å². The standard InChI is InChI=1S/C21H17F3N2O7/c1-2-30-20(29)26-14-4-5-15-13(7-18(27)33-16(15)8-14)10-31-19(28)12-3-6-17(25-9-12)32-11-21(22,23)24/h3-9H,2,10-11H2,1H3,(H,26,29). The van der Waals surface area contributed by atoms with E-state index in [1.807, 2.05) is 0 Å². The summed E-state index contributed by atoms with van der Waals surface area (Å²) in [7, 11) is 0. The van der Waals surface area contributed by atoms with Crippen LogP contribution in [0.3, 0.4) is 0 Å². The van der Waals surface area contributed by atoms with Gasteiger partial charge in [-0.1, -0.05) is 0 Å². The van der Waals surface area contributed by atoms with Crippen LogP contribution in [0, 0.1) is 0 Å². The van der Waals surface area contributed by atoms with Crippen LogP contribution in [0.1, 0.15) is 22.8 Å². The number of amides is 1. The number of pyridine rings is 1. The highest BCUT2D eigenvalue weighted by atomic mass is 19.4. The molecular weight excluding hydrogens is 449 g/mol. The van der Waals surface area contributed by atoms with E-state index >= 15 is 0 Å². The zero-order valence-electron chi connectivity index (χ0n) is 17.1. The second-order valence-electron chi connectivity index (χ2n) is 6.51. The highest BCUT2D eigenvalue weighted by molar-refractivity contribution is 5.91. The van der Waals surface area contributed by atoms with Gasteiger partial charge >= 0.3 is 23.9 Å². The molecule has 3 rings (SSSR count). The average Bonchev–Trinajstić information content (AvgIpc) is 2.75. The number of hydrogen-bond acceptors (Lipinski definition) is 8. The van der Waals surface area contributed by atoms with Gasteiger partial charge in [-0.15, -0.1) is 0 Å². The summed E-state index contributed by atoms with van der Waals surface area (Å²) in [6.07, 6.45) is -4.17. The third-order valence-corrected chi connectivity index (χ3v) is 4.07. The molecule has 1 amide bonds. The van der Waals surface area contributed by atoms with Gasteiger partial charge in [0.2, 0.25) is 5.88 Å². The summed E-state index contributed by atoms with van der Waals surface area (Å²) in [5.74, 6) is -1.12. The zero-order valence-corrected chi connectivity index (χ0v) is 17.1. The number of alkyl halides is 3. The van der Waals surface area contributed by atoms with Crippen molar-refractivity contribution in [3.05, 3.63) is 64.1 Å². The van der Waals surface area contributed by atoms with E-state index in [1.54, 1.807) is 19.1 Å². The molecule has 0 aliphatic heterocycles. The number of ether oxygens (including phenoxy) is 3. The number of anilines is 1. The molecule has 0 fully saturated rings. The Balaban J connectivity index is 1.69. The first-order valence-corrected chi connectivity index (χ1v) is 9.48. The summed E-state index contributed by atoms with van der Waals surface area (Å²) < 4.78 is 56.1. The lowest BCUT2D eigenvalue weighted by Gasteiger charge is -2.10. The molecule has 0 saturated carbocycles. The summed E-state index contributed by atoms with van der Waals surface area (Å²) in [6.45, 7) is 0.0317. The minimum Gasteiger partial charge on any atom is -0.468 e. The Hall–Kier alpha value is -4.09. The fraction of sp³-hybridized carbons (Fsp3) is 0.238. The van der Waals surface area contributed by atoms with Crippen molar-refractivity contribution in [1.29, 1.82) is 0 Å². The van der Waals surface area contributed by atoms with E-state index in [9.17, 15) is 27.6 Å². The van der Waals surface area contributed by atoms with Crippen LogP contribution in [0.5, 0.6) is 5.88 Å². The molecule has 2 aromatic heterocycles. The Labute approximate surface area is 184 Å². The van der Waals surface area contributed by atoms with Crippen LogP contribution in [0.15, 0.2) is 51.8 Å². The number of fused-ring (bicyclic) bond motifs is 1. The Morgan fingerprint density at radius 3 is 2.58 bits per heavy atom. The van der Waals surface area contributed by atoms with Gasteiger partial charge in [0, 0.05) is 41.0 Å². The Kier molecular flexibility index (Phi) is 7.16. The van der Waals surface area contributed by atoms with E-state index in [0.717, 1.165) is 18.3 Å². The van der Waals surface area contributed by atoms with Gasteiger partial charge in [-0.3, -0.25) is 5.32 Å². The molecule has 3 aromatic rings. The third-order valence-electron chi connectivity index (χ3n) is 4.07. The van der Waals surface area contributed by atoms with Crippen LogP contribution in [0.25, 0.3) is 11.0 Å². The molecule has 174 valence electrons. The molecule has 0 unspecified atom stereocenters. The van der Waals surface area contributed by atoms with Crippen molar-refractivity contribution in [2.24, 2.45) is 0 Å². The minimum atomic E-state index is -4.51. The number of aromatic nitrogens is 1. The van der Waals surface area contributed by atoms with Crippen molar-refractivity contribution in [3.8, 4) is 5.88 Å². The first kappa shape index (κ1) is 23.6. The van der Waals surface area contributed by atoms with Crippen molar-refractivity contribution in [1.82, 2.24) is 4.98 Å². The molecule has 0 aliphatic rings. The largest absolute Gasteiger partial charge is 0.468 e. The smallest absolute Gasteiger partial charge is 0.422 e. The molecule has 1 aromatic carbocycles. The number of hydrogen-bond donors (Lipinski definition) is 1. The minimum absolute atomic E-state index is 0.0254. The van der Waals surface area contributed by atoms with E-state index in [-0.39, 0.29) is 30.2 Å². The predicted molar refractivity (Wildman–Crippen MR) is 108 cm³/mol. The molecule has 0 atom stereocenters. The first-order chi connectivity index (χ1) is 15.6. The Morgan fingerprint density at radius 2 is 1.91 bits per heavy atom. The lowest BCUT2D eigenvalue weighted by Crippen LogP contribution is -2.19. The van der Waals surface area contributed by atoms with E-state index in [4.69, 9.17) is 13.9 Å². The highest BCUT2D eigenvalue weighted by Crippen LogP contribution is 2.23. The summed E-state index contributed by atoms with van der Waals surface area (Å²) in [4.78, 5) is 39.3. The van der Waals surface area contributed by atoms with Gasteiger partial charge in [0.05, 0.1) is 12.2 Å². The summed E-state index contributed by atoms with van der Waals surface area (Å²) in [5.41, 5.74) is 0.0976. The quantitative estimate of drug-likeness (QED) is 0.409. The van der Waals surface area contributed by atoms with Gasteiger partial charge in [-0.05, 0) is 25.1 Å². The normalized spacial score (nSPS) is 11.2. The third kappa shape index (κ3) is 6.69. The molecule has 12 heteroatoms. The summed E-state index contributed by atoms with van der Waals surface area (Å²) in [5, 5.41) is 2.94. The topological polar surface area (TPSA) is 117 Å². The lowest BCUT2D eigenvalue weighted by molar-refractivity contribution is -0.154. The Bertz CT molecular complexity index is 1210. The van der Waals surface area contributed by atoms with Crippen LogP contribution in [-0.4, -0.2) is 36.4 Å². The number of esters is 1. The molecular formula is C21H17F3N2O7. The van der Waals surface area contributed by atoms with Gasteiger partial charge in [0.25, 0.3) is 0 Å². The van der Waals surface area contributed by atoms with Crippen molar-refractivity contribution in [2.75, 3.05) is 18.5 Å². The lowest BCUT2D eigenvalue weighted by atomic mass is 10.1. The molecule has 0 aliphatic carbocycles. The second kappa shape index (κ2) is 10.0. The van der Waals surface area contributed by atoms with Crippen LogP contribution in [-0.2, 0) is 16.1 Å². The maximum Gasteiger partial charge on any atom is 0.422 e. The number of benzene rings is 1. The fourth-order valence-electron chi connectivity index (χ4n) is 2.68. The molecule has 0 radical (unpaired) electrons. The highest BCUT2D eigenvalue weighted by Gasteiger charge is 2.28. The molecule has 2 heterocycles. The maximum atomic E-state index is 12.3. The van der Waals surface area contributed by atoms with E-state index in [2.05, 4.69) is 15.0 Å². The van der Waals surface area contributed by atoms with Crippen LogP contribution < -0.4 is 15.7 Å². The van der Waals surface area contributed by atoms with Crippen molar-refractivity contribution < 1.29 is 41.4 Å². The molecule has 1 N–H and O–H groups in total. The number of carbonyl (C=O) groups excluding carboxylic acids is 2. The maximum absolute atomic E-state index is 12.3. The van der Waals surface area contributed by atoms with Crippen molar-refractivity contribution in [2.45, 2.75) is 19.7 Å². The second-order valence-corrected chi connectivity index (χ2v) is 6.51. The summed E-state index contributed by atoms with van der Waals surface area (Å²) >= 11 is 0. The Morgan fingerprint density at radius 1 is 1.12 bits per heavy atom. The van der Waals surface area contributed by atoms with Crippen LogP contribution in [0.2, 0.25) is 0 Å². The fourth-order valence-corrected chi connectivity index (χ4v) is 2.68. The van der Waals surface area contributed by atoms with E-state index in [1.165, 1.54) is 12.1 Å². The van der Waals surface area contributed by atoms with Gasteiger partial charge in [0.15, 0.2) is 6.61 Å². The number of nitrogens with zero attached hydrogens (tertiary/aromatic N) is 1. The van der Waals surface area contributed by atoms with Crippen LogP contribution >= 0.6 is 0 Å². The molecule has 9 nitrogen and oxygen atoms in total. The number of halogens is 3.